The predicted molar refractivity (Wildman–Crippen MR) is 80.4 cm³/mol. The number of fused-ring (bicyclic) bond motifs is 1. The van der Waals surface area contributed by atoms with Crippen LogP contribution in [0.1, 0.15) is 36.9 Å². The molecule has 5 nitrogen and oxygen atoms in total. The van der Waals surface area contributed by atoms with E-state index in [2.05, 4.69) is 0 Å². The maximum absolute atomic E-state index is 12.8. The zero-order chi connectivity index (χ0) is 15.7. The molecule has 0 radical (unpaired) electrons. The summed E-state index contributed by atoms with van der Waals surface area (Å²) in [5, 5.41) is 9.64. The second-order valence-electron chi connectivity index (χ2n) is 6.12. The van der Waals surface area contributed by atoms with Gasteiger partial charge in [0.25, 0.3) is 0 Å². The number of carbonyl (C=O) groups is 2. The number of ether oxygens (including phenoxy) is 1. The number of hydrogen-bond donors (Lipinski definition) is 1. The lowest BCUT2D eigenvalue weighted by atomic mass is 9.89. The summed E-state index contributed by atoms with van der Waals surface area (Å²) in [6.07, 6.45) is 2.12. The van der Waals surface area contributed by atoms with Gasteiger partial charge in [-0.2, -0.15) is 0 Å². The minimum atomic E-state index is -0.958. The average molecular weight is 303 g/mol. The number of carbonyl (C=O) groups excluding carboxylic acids is 1. The lowest BCUT2D eigenvalue weighted by Crippen LogP contribution is -2.47. The van der Waals surface area contributed by atoms with E-state index < -0.39 is 12.0 Å². The van der Waals surface area contributed by atoms with Crippen LogP contribution in [0.2, 0.25) is 0 Å². The third-order valence-electron chi connectivity index (χ3n) is 4.63. The zero-order valence-electron chi connectivity index (χ0n) is 12.7. The summed E-state index contributed by atoms with van der Waals surface area (Å²) >= 11 is 0. The first-order valence-electron chi connectivity index (χ1n) is 7.80. The molecule has 118 valence electrons. The smallest absolute Gasteiger partial charge is 0.331 e. The van der Waals surface area contributed by atoms with Crippen molar-refractivity contribution in [2.75, 3.05) is 13.2 Å². The Kier molecular flexibility index (Phi) is 4.16. The molecule has 2 aliphatic rings. The van der Waals surface area contributed by atoms with Crippen molar-refractivity contribution in [3.63, 3.8) is 0 Å². The molecule has 1 aromatic carbocycles. The van der Waals surface area contributed by atoms with Crippen LogP contribution < -0.4 is 0 Å². The Balaban J connectivity index is 1.87. The van der Waals surface area contributed by atoms with Crippen LogP contribution in [0.5, 0.6) is 0 Å². The lowest BCUT2D eigenvalue weighted by Gasteiger charge is -2.38. The fourth-order valence-electron chi connectivity index (χ4n) is 3.53. The minimum absolute atomic E-state index is 0.0444. The van der Waals surface area contributed by atoms with Crippen LogP contribution in [0.25, 0.3) is 0 Å². The van der Waals surface area contributed by atoms with Crippen LogP contribution in [0.15, 0.2) is 24.3 Å². The van der Waals surface area contributed by atoms with Crippen molar-refractivity contribution in [3.8, 4) is 0 Å². The molecular formula is C17H21NO4. The molecule has 1 saturated heterocycles. The Morgan fingerprint density at radius 2 is 2.09 bits per heavy atom. The molecule has 3 atom stereocenters. The summed E-state index contributed by atoms with van der Waals surface area (Å²) in [4.78, 5) is 26.1. The molecule has 1 amide bonds. The van der Waals surface area contributed by atoms with E-state index in [4.69, 9.17) is 4.74 Å². The average Bonchev–Trinajstić information content (AvgIpc) is 2.52. The van der Waals surface area contributed by atoms with Gasteiger partial charge >= 0.3 is 5.97 Å². The Labute approximate surface area is 129 Å². The highest BCUT2D eigenvalue weighted by molar-refractivity contribution is 5.87. The van der Waals surface area contributed by atoms with Gasteiger partial charge in [-0.25, -0.2) is 4.79 Å². The van der Waals surface area contributed by atoms with E-state index in [0.717, 1.165) is 11.1 Å². The molecular weight excluding hydrogens is 282 g/mol. The molecule has 0 aliphatic carbocycles. The molecule has 3 rings (SSSR count). The molecule has 1 fully saturated rings. The molecule has 1 N–H and O–H groups in total. The Bertz CT molecular complexity index is 586. The lowest BCUT2D eigenvalue weighted by molar-refractivity contribution is -0.155. The van der Waals surface area contributed by atoms with Crippen LogP contribution in [-0.2, 0) is 20.7 Å². The van der Waals surface area contributed by atoms with Gasteiger partial charge in [-0.3, -0.25) is 4.79 Å². The maximum Gasteiger partial charge on any atom is 0.331 e. The van der Waals surface area contributed by atoms with Crippen molar-refractivity contribution in [2.45, 2.75) is 38.3 Å². The summed E-state index contributed by atoms with van der Waals surface area (Å²) in [6.45, 7) is 3.00. The van der Waals surface area contributed by atoms with Crippen molar-refractivity contribution in [2.24, 2.45) is 5.92 Å². The van der Waals surface area contributed by atoms with E-state index >= 15 is 0 Å². The number of amides is 1. The fourth-order valence-corrected chi connectivity index (χ4v) is 3.53. The highest BCUT2D eigenvalue weighted by atomic mass is 16.5. The van der Waals surface area contributed by atoms with Gasteiger partial charge < -0.3 is 14.7 Å². The topological polar surface area (TPSA) is 66.8 Å². The van der Waals surface area contributed by atoms with E-state index in [0.29, 0.717) is 32.4 Å². The molecule has 0 saturated carbocycles. The molecule has 5 heteroatoms. The van der Waals surface area contributed by atoms with E-state index in [9.17, 15) is 14.7 Å². The number of carboxylic acids is 1. The van der Waals surface area contributed by atoms with Gasteiger partial charge in [-0.1, -0.05) is 24.3 Å². The zero-order valence-corrected chi connectivity index (χ0v) is 12.7. The number of benzene rings is 1. The summed E-state index contributed by atoms with van der Waals surface area (Å²) in [6, 6.07) is 6.65. The Morgan fingerprint density at radius 1 is 1.32 bits per heavy atom. The van der Waals surface area contributed by atoms with Crippen LogP contribution in [-0.4, -0.2) is 41.1 Å². The maximum atomic E-state index is 12.8. The van der Waals surface area contributed by atoms with Crippen molar-refractivity contribution in [3.05, 3.63) is 35.4 Å². The van der Waals surface area contributed by atoms with Crippen LogP contribution in [0, 0.1) is 5.92 Å². The minimum Gasteiger partial charge on any atom is -0.479 e. The van der Waals surface area contributed by atoms with Crippen molar-refractivity contribution in [1.82, 2.24) is 4.90 Å². The van der Waals surface area contributed by atoms with Crippen LogP contribution in [0.4, 0.5) is 0 Å². The van der Waals surface area contributed by atoms with E-state index in [-0.39, 0.29) is 17.9 Å². The van der Waals surface area contributed by atoms with Gasteiger partial charge in [0.05, 0.1) is 6.10 Å². The summed E-state index contributed by atoms with van der Waals surface area (Å²) in [5.41, 5.74) is 1.77. The fraction of sp³-hybridized carbons (Fsp3) is 0.529. The predicted octanol–water partition coefficient (Wildman–Crippen LogP) is 2.01. The van der Waals surface area contributed by atoms with Crippen molar-refractivity contribution in [1.29, 1.82) is 0 Å². The van der Waals surface area contributed by atoms with Gasteiger partial charge in [0, 0.05) is 19.1 Å². The van der Waals surface area contributed by atoms with Crippen molar-refractivity contribution >= 4 is 11.9 Å². The molecule has 0 aromatic heterocycles. The number of carboxylic acid groups (broad SMARTS) is 1. The van der Waals surface area contributed by atoms with Crippen LogP contribution >= 0.6 is 0 Å². The Hall–Kier alpha value is -1.88. The van der Waals surface area contributed by atoms with Gasteiger partial charge in [0.2, 0.25) is 5.91 Å². The van der Waals surface area contributed by atoms with Gasteiger partial charge in [0.1, 0.15) is 0 Å². The molecule has 3 unspecified atom stereocenters. The molecule has 2 heterocycles. The third kappa shape index (κ3) is 2.73. The molecule has 0 spiro atoms. The first-order chi connectivity index (χ1) is 10.6. The highest BCUT2D eigenvalue weighted by Crippen LogP contribution is 2.33. The Morgan fingerprint density at radius 3 is 2.82 bits per heavy atom. The molecule has 22 heavy (non-hydrogen) atoms. The van der Waals surface area contributed by atoms with Crippen molar-refractivity contribution < 1.29 is 19.4 Å². The number of nitrogens with zero attached hydrogens (tertiary/aromatic N) is 1. The standard InChI is InChI=1S/C17H21NO4/c1-11-10-13(7-9-22-11)16(19)18-8-6-12-4-2-3-5-14(12)15(18)17(20)21/h2-5,11,13,15H,6-10H2,1H3,(H,20,21). The van der Waals surface area contributed by atoms with Gasteiger partial charge in [-0.05, 0) is 37.3 Å². The SMILES string of the molecule is CC1CC(C(=O)N2CCc3ccccc3C2C(=O)O)CCO1. The monoisotopic (exact) mass is 303 g/mol. The van der Waals surface area contributed by atoms with E-state index in [1.807, 2.05) is 31.2 Å². The molecule has 2 aliphatic heterocycles. The quantitative estimate of drug-likeness (QED) is 0.907. The number of rotatable bonds is 2. The first kappa shape index (κ1) is 15.0. The number of aliphatic carboxylic acids is 1. The third-order valence-corrected chi connectivity index (χ3v) is 4.63. The van der Waals surface area contributed by atoms with E-state index in [1.165, 1.54) is 0 Å². The van der Waals surface area contributed by atoms with Gasteiger partial charge in [0.15, 0.2) is 6.04 Å². The molecule has 0 bridgehead atoms. The first-order valence-corrected chi connectivity index (χ1v) is 7.80. The second-order valence-corrected chi connectivity index (χ2v) is 6.12. The van der Waals surface area contributed by atoms with Crippen LogP contribution in [0.3, 0.4) is 0 Å². The summed E-state index contributed by atoms with van der Waals surface area (Å²) in [5.74, 6) is -1.13. The molecule has 1 aromatic rings. The highest BCUT2D eigenvalue weighted by Gasteiger charge is 2.39. The summed E-state index contributed by atoms with van der Waals surface area (Å²) in [7, 11) is 0. The normalized spacial score (nSPS) is 28.0. The van der Waals surface area contributed by atoms with Gasteiger partial charge in [-0.15, -0.1) is 0 Å². The summed E-state index contributed by atoms with van der Waals surface area (Å²) < 4.78 is 5.49. The van der Waals surface area contributed by atoms with E-state index in [1.54, 1.807) is 4.90 Å². The largest absolute Gasteiger partial charge is 0.479 e. The number of hydrogen-bond acceptors (Lipinski definition) is 3. The second kappa shape index (κ2) is 6.08.